The first-order valence-electron chi connectivity index (χ1n) is 13.3. The molecular formula is C26H43NO6S. The zero-order valence-corrected chi connectivity index (χ0v) is 21.8. The lowest BCUT2D eigenvalue weighted by atomic mass is 9.44. The SMILES string of the molecule is C[C@H](CCC(=O)NCCS(=O)(=O)O)[C@H]1CC[C@H]2[C@@H]3C(=O)CC4CC(O)CC[C@]4(C)[C@H]3CC[C@]12C. The maximum Gasteiger partial charge on any atom is 0.266 e. The highest BCUT2D eigenvalue weighted by molar-refractivity contribution is 7.85. The molecule has 4 aliphatic carbocycles. The predicted octanol–water partition coefficient (Wildman–Crippen LogP) is 3.61. The number of Topliss-reactive ketones (excluding diaryl/α,β-unsaturated/α-hetero) is 1. The summed E-state index contributed by atoms with van der Waals surface area (Å²) in [4.78, 5) is 25.7. The lowest BCUT2D eigenvalue weighted by Gasteiger charge is -2.60. The molecule has 0 bridgehead atoms. The molecule has 9 atom stereocenters. The van der Waals surface area contributed by atoms with E-state index in [1.54, 1.807) is 0 Å². The molecule has 0 spiro atoms. The van der Waals surface area contributed by atoms with Crippen molar-refractivity contribution in [2.24, 2.45) is 46.3 Å². The predicted molar refractivity (Wildman–Crippen MR) is 129 cm³/mol. The maximum absolute atomic E-state index is 13.5. The van der Waals surface area contributed by atoms with Gasteiger partial charge in [0.1, 0.15) is 5.78 Å². The van der Waals surface area contributed by atoms with Crippen LogP contribution in [-0.4, -0.2) is 48.2 Å². The van der Waals surface area contributed by atoms with Crippen molar-refractivity contribution in [3.63, 3.8) is 0 Å². The fourth-order valence-electron chi connectivity index (χ4n) is 8.85. The summed E-state index contributed by atoms with van der Waals surface area (Å²) in [5.74, 6) is 1.95. The quantitative estimate of drug-likeness (QED) is 0.462. The molecule has 4 rings (SSSR count). The van der Waals surface area contributed by atoms with Crippen LogP contribution in [0.1, 0.15) is 85.0 Å². The third kappa shape index (κ3) is 4.83. The van der Waals surface area contributed by atoms with Crippen LogP contribution in [0.25, 0.3) is 0 Å². The second kappa shape index (κ2) is 9.47. The summed E-state index contributed by atoms with van der Waals surface area (Å²) < 4.78 is 30.5. The van der Waals surface area contributed by atoms with Gasteiger partial charge in [-0.25, -0.2) is 0 Å². The number of rotatable bonds is 7. The molecule has 8 heteroatoms. The fraction of sp³-hybridized carbons (Fsp3) is 0.923. The molecule has 7 nitrogen and oxygen atoms in total. The van der Waals surface area contributed by atoms with Gasteiger partial charge in [-0.3, -0.25) is 14.1 Å². The zero-order chi connectivity index (χ0) is 24.9. The first-order valence-corrected chi connectivity index (χ1v) is 14.9. The van der Waals surface area contributed by atoms with E-state index >= 15 is 0 Å². The number of aliphatic hydroxyl groups excluding tert-OH is 1. The van der Waals surface area contributed by atoms with Gasteiger partial charge in [0.2, 0.25) is 5.91 Å². The molecule has 0 aliphatic heterocycles. The summed E-state index contributed by atoms with van der Waals surface area (Å²) in [5.41, 5.74) is 0.290. The van der Waals surface area contributed by atoms with Crippen molar-refractivity contribution in [2.75, 3.05) is 12.3 Å². The summed E-state index contributed by atoms with van der Waals surface area (Å²) in [6, 6.07) is 0. The average Bonchev–Trinajstić information content (AvgIpc) is 3.09. The Labute approximate surface area is 204 Å². The van der Waals surface area contributed by atoms with E-state index in [1.807, 2.05) is 0 Å². The molecule has 0 radical (unpaired) electrons. The van der Waals surface area contributed by atoms with Crippen molar-refractivity contribution in [3.05, 3.63) is 0 Å². The number of nitrogens with one attached hydrogen (secondary N) is 1. The standard InChI is InChI=1S/C26H43NO6S/c1-16(4-7-23(30)27-12-13-34(31,32)33)19-5-6-20-24-21(9-11-26(19,20)3)25(2)10-8-18(28)14-17(25)15-22(24)29/h16-21,24,28H,4-15H2,1-3H3,(H,27,30)(H,31,32,33)/t16-,17?,18?,19-,20+,21+,24+,25+,26-/m1/s1. The molecule has 4 fully saturated rings. The summed E-state index contributed by atoms with van der Waals surface area (Å²) in [6.45, 7) is 6.93. The Balaban J connectivity index is 1.39. The van der Waals surface area contributed by atoms with Gasteiger partial charge in [-0.1, -0.05) is 20.8 Å². The van der Waals surface area contributed by atoms with Crippen molar-refractivity contribution in [1.29, 1.82) is 0 Å². The van der Waals surface area contributed by atoms with Crippen LogP contribution in [-0.2, 0) is 19.7 Å². The molecule has 0 aromatic carbocycles. The number of carbonyl (C=O) groups is 2. The minimum absolute atomic E-state index is 0.0722. The lowest BCUT2D eigenvalue weighted by Crippen LogP contribution is -2.57. The maximum atomic E-state index is 13.5. The molecule has 2 unspecified atom stereocenters. The minimum Gasteiger partial charge on any atom is -0.393 e. The topological polar surface area (TPSA) is 121 Å². The van der Waals surface area contributed by atoms with Crippen LogP contribution in [0.4, 0.5) is 0 Å². The Hall–Kier alpha value is -0.990. The number of fused-ring (bicyclic) bond motifs is 5. The molecule has 0 aromatic rings. The minimum atomic E-state index is -4.07. The Kier molecular flexibility index (Phi) is 7.27. The van der Waals surface area contributed by atoms with Gasteiger partial charge in [0.05, 0.1) is 11.9 Å². The van der Waals surface area contributed by atoms with Crippen LogP contribution >= 0.6 is 0 Å². The Morgan fingerprint density at radius 3 is 2.50 bits per heavy atom. The van der Waals surface area contributed by atoms with E-state index in [9.17, 15) is 23.1 Å². The summed E-state index contributed by atoms with van der Waals surface area (Å²) in [5, 5.41) is 12.8. The molecule has 0 heterocycles. The van der Waals surface area contributed by atoms with E-state index in [1.165, 1.54) is 0 Å². The molecule has 0 saturated heterocycles. The second-order valence-corrected chi connectivity index (χ2v) is 14.0. The first kappa shape index (κ1) is 26.1. The van der Waals surface area contributed by atoms with E-state index in [-0.39, 0.29) is 35.3 Å². The molecular weight excluding hydrogens is 454 g/mol. The third-order valence-electron chi connectivity index (χ3n) is 10.7. The van der Waals surface area contributed by atoms with Crippen LogP contribution in [0.5, 0.6) is 0 Å². The van der Waals surface area contributed by atoms with E-state index in [2.05, 4.69) is 26.1 Å². The summed E-state index contributed by atoms with van der Waals surface area (Å²) >= 11 is 0. The van der Waals surface area contributed by atoms with Crippen LogP contribution in [0.2, 0.25) is 0 Å². The van der Waals surface area contributed by atoms with Crippen molar-refractivity contribution in [1.82, 2.24) is 5.32 Å². The number of aliphatic hydroxyl groups is 1. The molecule has 194 valence electrons. The smallest absolute Gasteiger partial charge is 0.266 e. The van der Waals surface area contributed by atoms with E-state index in [0.29, 0.717) is 48.2 Å². The number of hydrogen-bond acceptors (Lipinski definition) is 5. The van der Waals surface area contributed by atoms with Crippen molar-refractivity contribution >= 4 is 21.8 Å². The Bertz CT molecular complexity index is 905. The second-order valence-electron chi connectivity index (χ2n) is 12.4. The van der Waals surface area contributed by atoms with Gasteiger partial charge in [0.25, 0.3) is 10.1 Å². The molecule has 1 amide bonds. The first-order chi connectivity index (χ1) is 15.8. The largest absolute Gasteiger partial charge is 0.393 e. The van der Waals surface area contributed by atoms with Gasteiger partial charge in [-0.2, -0.15) is 8.42 Å². The third-order valence-corrected chi connectivity index (χ3v) is 11.4. The molecule has 4 saturated carbocycles. The van der Waals surface area contributed by atoms with E-state index < -0.39 is 15.9 Å². The zero-order valence-electron chi connectivity index (χ0n) is 21.0. The van der Waals surface area contributed by atoms with Crippen molar-refractivity contribution in [3.8, 4) is 0 Å². The Morgan fingerprint density at radius 2 is 1.79 bits per heavy atom. The van der Waals surface area contributed by atoms with Crippen molar-refractivity contribution in [2.45, 2.75) is 91.1 Å². The highest BCUT2D eigenvalue weighted by atomic mass is 32.2. The summed E-state index contributed by atoms with van der Waals surface area (Å²) in [6.07, 6.45) is 8.54. The van der Waals surface area contributed by atoms with Crippen LogP contribution in [0, 0.1) is 46.3 Å². The van der Waals surface area contributed by atoms with Gasteiger partial charge < -0.3 is 10.4 Å². The normalized spacial score (nSPS) is 42.9. The van der Waals surface area contributed by atoms with Gasteiger partial charge in [-0.15, -0.1) is 0 Å². The van der Waals surface area contributed by atoms with Gasteiger partial charge in [0, 0.05) is 25.3 Å². The van der Waals surface area contributed by atoms with Crippen molar-refractivity contribution < 1.29 is 27.7 Å². The molecule has 34 heavy (non-hydrogen) atoms. The van der Waals surface area contributed by atoms with E-state index in [0.717, 1.165) is 51.4 Å². The fourth-order valence-corrected chi connectivity index (χ4v) is 9.21. The average molecular weight is 498 g/mol. The number of ketones is 1. The highest BCUT2D eigenvalue weighted by Gasteiger charge is 2.63. The van der Waals surface area contributed by atoms with Gasteiger partial charge in [-0.05, 0) is 91.8 Å². The van der Waals surface area contributed by atoms with Crippen LogP contribution in [0.15, 0.2) is 0 Å². The number of carbonyl (C=O) groups excluding carboxylic acids is 2. The monoisotopic (exact) mass is 497 g/mol. The van der Waals surface area contributed by atoms with Crippen LogP contribution in [0.3, 0.4) is 0 Å². The highest BCUT2D eigenvalue weighted by Crippen LogP contribution is 2.67. The molecule has 0 aromatic heterocycles. The van der Waals surface area contributed by atoms with E-state index in [4.69, 9.17) is 4.55 Å². The Morgan fingerprint density at radius 1 is 1.12 bits per heavy atom. The lowest BCUT2D eigenvalue weighted by molar-refractivity contribution is -0.160. The number of amides is 1. The summed E-state index contributed by atoms with van der Waals surface area (Å²) in [7, 11) is -4.07. The van der Waals surface area contributed by atoms with Gasteiger partial charge in [0.15, 0.2) is 0 Å². The van der Waals surface area contributed by atoms with Gasteiger partial charge >= 0.3 is 0 Å². The van der Waals surface area contributed by atoms with Crippen LogP contribution < -0.4 is 5.32 Å². The number of hydrogen-bond donors (Lipinski definition) is 3. The molecule has 4 aliphatic rings. The molecule has 3 N–H and O–H groups in total.